The van der Waals surface area contributed by atoms with Crippen molar-refractivity contribution in [3.05, 3.63) is 34.4 Å². The number of nitrogens with one attached hydrogen (secondary N) is 1. The normalized spacial score (nSPS) is 16.6. The van der Waals surface area contributed by atoms with Crippen LogP contribution in [0, 0.1) is 6.92 Å². The van der Waals surface area contributed by atoms with Gasteiger partial charge >= 0.3 is 5.97 Å². The lowest BCUT2D eigenvalue weighted by molar-refractivity contribution is -0.118. The first-order valence-electron chi connectivity index (χ1n) is 12.7. The summed E-state index contributed by atoms with van der Waals surface area (Å²) in [6, 6.07) is 1.22. The van der Waals surface area contributed by atoms with Gasteiger partial charge in [0.1, 0.15) is 11.4 Å². The van der Waals surface area contributed by atoms with Gasteiger partial charge in [0, 0.05) is 26.4 Å². The van der Waals surface area contributed by atoms with Crippen molar-refractivity contribution in [2.75, 3.05) is 13.7 Å². The van der Waals surface area contributed by atoms with E-state index in [-0.39, 0.29) is 12.8 Å². The first kappa shape index (κ1) is 26.3. The molecule has 0 spiro atoms. The molecule has 2 saturated carbocycles. The maximum absolute atomic E-state index is 13.4. The minimum Gasteiger partial charge on any atom is -0.464 e. The molecule has 1 N–H and O–H groups in total. The number of amides is 1. The predicted molar refractivity (Wildman–Crippen MR) is 136 cm³/mol. The Bertz CT molecular complexity index is 1170. The van der Waals surface area contributed by atoms with E-state index in [9.17, 15) is 14.4 Å². The van der Waals surface area contributed by atoms with Crippen molar-refractivity contribution < 1.29 is 23.9 Å². The number of carbonyl (C=O) groups excluding carboxylic acids is 3. The molecule has 0 aromatic carbocycles. The molecule has 2 heterocycles. The van der Waals surface area contributed by atoms with Gasteiger partial charge in [0.2, 0.25) is 0 Å². The number of esters is 1. The molecule has 1 amide bonds. The molecule has 2 aliphatic rings. The van der Waals surface area contributed by atoms with E-state index in [2.05, 4.69) is 35.2 Å². The fourth-order valence-corrected chi connectivity index (χ4v) is 5.32. The average molecular weight is 516 g/mol. The molecule has 4 rings (SSSR count). The highest BCUT2D eigenvalue weighted by atomic mass is 28.3. The van der Waals surface area contributed by atoms with Crippen molar-refractivity contribution in [1.29, 1.82) is 0 Å². The molecule has 0 bridgehead atoms. The molecular weight excluding hydrogens is 478 g/mol. The van der Waals surface area contributed by atoms with Crippen LogP contribution in [0.15, 0.2) is 6.20 Å². The van der Waals surface area contributed by atoms with Gasteiger partial charge in [-0.05, 0) is 50.6 Å². The molecular formula is C25H37N5O5Si. The molecule has 0 atom stereocenters. The number of hydrogen-bond acceptors (Lipinski definition) is 7. The van der Waals surface area contributed by atoms with Crippen LogP contribution in [0.3, 0.4) is 0 Å². The third-order valence-corrected chi connectivity index (χ3v) is 8.65. The molecule has 0 aliphatic heterocycles. The van der Waals surface area contributed by atoms with Crippen molar-refractivity contribution in [2.24, 2.45) is 0 Å². The molecule has 36 heavy (non-hydrogen) atoms. The number of ether oxygens (including phenoxy) is 2. The molecule has 0 radical (unpaired) electrons. The predicted octanol–water partition coefficient (Wildman–Crippen LogP) is 3.37. The second-order valence-electron chi connectivity index (χ2n) is 11.1. The summed E-state index contributed by atoms with van der Waals surface area (Å²) in [4.78, 5) is 40.6. The number of nitrogens with zero attached hydrogens (tertiary/aromatic N) is 4. The SMILES string of the molecule is CCc1c(C(=O)C(=O)NC2(c3cnn(COCC[Si](C)(C)C)n3)CC2)c(C)c(C(=O)OC)n1C1CC1. The highest BCUT2D eigenvalue weighted by Gasteiger charge is 2.49. The van der Waals surface area contributed by atoms with E-state index in [1.807, 2.05) is 11.5 Å². The molecule has 2 fully saturated rings. The molecule has 11 heteroatoms. The summed E-state index contributed by atoms with van der Waals surface area (Å²) in [5, 5.41) is 11.7. The van der Waals surface area contributed by atoms with Crippen molar-refractivity contribution in [2.45, 2.75) is 89.9 Å². The Morgan fingerprint density at radius 2 is 1.92 bits per heavy atom. The Hall–Kier alpha value is -2.79. The van der Waals surface area contributed by atoms with E-state index < -0.39 is 31.3 Å². The van der Waals surface area contributed by atoms with Gasteiger partial charge in [0.05, 0.1) is 24.4 Å². The minimum atomic E-state index is -1.17. The van der Waals surface area contributed by atoms with Crippen LogP contribution < -0.4 is 5.32 Å². The molecule has 10 nitrogen and oxygen atoms in total. The average Bonchev–Trinajstić information content (AvgIpc) is 3.74. The number of carbonyl (C=O) groups is 3. The number of methoxy groups -OCH3 is 1. The van der Waals surface area contributed by atoms with Crippen molar-refractivity contribution in [1.82, 2.24) is 24.9 Å². The summed E-state index contributed by atoms with van der Waals surface area (Å²) >= 11 is 0. The largest absolute Gasteiger partial charge is 0.464 e. The van der Waals surface area contributed by atoms with Gasteiger partial charge in [0.25, 0.3) is 11.7 Å². The lowest BCUT2D eigenvalue weighted by Gasteiger charge is -2.15. The first-order chi connectivity index (χ1) is 17.0. The molecule has 0 unspecified atom stereocenters. The number of aromatic nitrogens is 4. The second kappa shape index (κ2) is 9.93. The van der Waals surface area contributed by atoms with Crippen LogP contribution in [-0.4, -0.2) is 59.0 Å². The van der Waals surface area contributed by atoms with E-state index in [0.29, 0.717) is 54.1 Å². The maximum atomic E-state index is 13.4. The Labute approximate surface area is 212 Å². The Morgan fingerprint density at radius 1 is 1.22 bits per heavy atom. The molecule has 2 aromatic heterocycles. The van der Waals surface area contributed by atoms with Gasteiger partial charge in [-0.3, -0.25) is 9.59 Å². The minimum absolute atomic E-state index is 0.162. The van der Waals surface area contributed by atoms with E-state index in [1.165, 1.54) is 11.9 Å². The quantitative estimate of drug-likeness (QED) is 0.151. The van der Waals surface area contributed by atoms with Gasteiger partial charge in [0.15, 0.2) is 6.73 Å². The zero-order valence-electron chi connectivity index (χ0n) is 22.1. The Kier molecular flexibility index (Phi) is 7.25. The summed E-state index contributed by atoms with van der Waals surface area (Å²) in [6.45, 7) is 11.4. The molecule has 0 saturated heterocycles. The summed E-state index contributed by atoms with van der Waals surface area (Å²) < 4.78 is 12.6. The summed E-state index contributed by atoms with van der Waals surface area (Å²) in [6.07, 6.45) is 5.38. The van der Waals surface area contributed by atoms with Gasteiger partial charge in [-0.15, -0.1) is 0 Å². The summed E-state index contributed by atoms with van der Waals surface area (Å²) in [5.74, 6) is -1.83. The summed E-state index contributed by atoms with van der Waals surface area (Å²) in [7, 11) is 0.153. The number of rotatable bonds is 12. The van der Waals surface area contributed by atoms with Crippen LogP contribution in [0.4, 0.5) is 0 Å². The zero-order valence-corrected chi connectivity index (χ0v) is 23.1. The zero-order chi connectivity index (χ0) is 26.3. The lowest BCUT2D eigenvalue weighted by atomic mass is 10.0. The number of ketones is 1. The van der Waals surface area contributed by atoms with E-state index >= 15 is 0 Å². The van der Waals surface area contributed by atoms with E-state index in [0.717, 1.165) is 18.9 Å². The van der Waals surface area contributed by atoms with Crippen molar-refractivity contribution >= 4 is 25.7 Å². The monoisotopic (exact) mass is 515 g/mol. The van der Waals surface area contributed by atoms with Gasteiger partial charge < -0.3 is 19.4 Å². The second-order valence-corrected chi connectivity index (χ2v) is 16.7. The maximum Gasteiger partial charge on any atom is 0.354 e. The van der Waals surface area contributed by atoms with Crippen molar-refractivity contribution in [3.63, 3.8) is 0 Å². The lowest BCUT2D eigenvalue weighted by Crippen LogP contribution is -2.40. The highest BCUT2D eigenvalue weighted by molar-refractivity contribution is 6.76. The standard InChI is InChI=1S/C25H37N5O5Si/c1-7-18-20(16(2)21(24(33)34-3)30(18)17-8-9-17)22(31)23(32)27-25(10-11-25)19-14-26-29(28-19)15-35-12-13-36(4,5)6/h14,17H,7-13,15H2,1-6H3,(H,27,32). The van der Waals surface area contributed by atoms with Crippen LogP contribution in [0.5, 0.6) is 0 Å². The smallest absolute Gasteiger partial charge is 0.354 e. The van der Waals surface area contributed by atoms with E-state index in [4.69, 9.17) is 9.47 Å². The van der Waals surface area contributed by atoms with Crippen LogP contribution in [0.1, 0.15) is 76.4 Å². The fraction of sp³-hybridized carbons (Fsp3) is 0.640. The van der Waals surface area contributed by atoms with Crippen LogP contribution in [0.25, 0.3) is 0 Å². The molecule has 2 aliphatic carbocycles. The van der Waals surface area contributed by atoms with Crippen LogP contribution in [-0.2, 0) is 33.0 Å². The Balaban J connectivity index is 1.48. The summed E-state index contributed by atoms with van der Waals surface area (Å²) in [5.41, 5.74) is 1.80. The topological polar surface area (TPSA) is 117 Å². The van der Waals surface area contributed by atoms with Crippen LogP contribution >= 0.6 is 0 Å². The molecule has 196 valence electrons. The third kappa shape index (κ3) is 5.31. The van der Waals surface area contributed by atoms with Crippen LogP contribution in [0.2, 0.25) is 25.7 Å². The highest BCUT2D eigenvalue weighted by Crippen LogP contribution is 2.45. The van der Waals surface area contributed by atoms with Gasteiger partial charge in [-0.1, -0.05) is 26.6 Å². The van der Waals surface area contributed by atoms with Crippen molar-refractivity contribution in [3.8, 4) is 0 Å². The number of hydrogen-bond donors (Lipinski definition) is 1. The fourth-order valence-electron chi connectivity index (χ4n) is 4.56. The number of Topliss-reactive ketones (excluding diaryl/α,β-unsaturated/α-hetero) is 1. The van der Waals surface area contributed by atoms with Gasteiger partial charge in [-0.25, -0.2) is 4.79 Å². The van der Waals surface area contributed by atoms with Gasteiger partial charge in [-0.2, -0.15) is 15.0 Å². The van der Waals surface area contributed by atoms with E-state index in [1.54, 1.807) is 13.1 Å². The third-order valence-electron chi connectivity index (χ3n) is 6.94. The Morgan fingerprint density at radius 3 is 2.47 bits per heavy atom. The molecule has 2 aromatic rings. The first-order valence-corrected chi connectivity index (χ1v) is 16.4.